The third kappa shape index (κ3) is 4.05. The summed E-state index contributed by atoms with van der Waals surface area (Å²) in [5, 5.41) is 2.38. The molecule has 0 spiro atoms. The highest BCUT2D eigenvalue weighted by atomic mass is 16.1. The van der Waals surface area contributed by atoms with Gasteiger partial charge < -0.3 is 5.32 Å². The standard InChI is InChI=1S/C17H17NO2/c19-13-18-12-17(20)16-10-8-15(9-11-16)7-6-14-4-2-1-3-5-14/h1-5,8-11,13H,6-7,12H2,(H,18,19). The number of rotatable bonds is 7. The van der Waals surface area contributed by atoms with E-state index in [0.29, 0.717) is 12.0 Å². The van der Waals surface area contributed by atoms with Crippen LogP contribution in [0.3, 0.4) is 0 Å². The van der Waals surface area contributed by atoms with Gasteiger partial charge in [0.1, 0.15) is 0 Å². The number of aryl methyl sites for hydroxylation is 2. The second-order valence-corrected chi connectivity index (χ2v) is 4.60. The third-order valence-corrected chi connectivity index (χ3v) is 3.17. The number of benzene rings is 2. The number of carbonyl (C=O) groups excluding carboxylic acids is 2. The summed E-state index contributed by atoms with van der Waals surface area (Å²) >= 11 is 0. The molecular weight excluding hydrogens is 250 g/mol. The second-order valence-electron chi connectivity index (χ2n) is 4.60. The van der Waals surface area contributed by atoms with Crippen LogP contribution in [0.5, 0.6) is 0 Å². The van der Waals surface area contributed by atoms with E-state index >= 15 is 0 Å². The fraction of sp³-hybridized carbons (Fsp3) is 0.176. The molecule has 0 unspecified atom stereocenters. The highest BCUT2D eigenvalue weighted by Gasteiger charge is 2.04. The second kappa shape index (κ2) is 7.24. The van der Waals surface area contributed by atoms with Crippen LogP contribution in [0.15, 0.2) is 54.6 Å². The first-order chi connectivity index (χ1) is 9.79. The van der Waals surface area contributed by atoms with Crippen molar-refractivity contribution in [3.63, 3.8) is 0 Å². The maximum absolute atomic E-state index is 11.7. The molecule has 3 nitrogen and oxygen atoms in total. The lowest BCUT2D eigenvalue weighted by molar-refractivity contribution is -0.109. The van der Waals surface area contributed by atoms with Crippen LogP contribution in [0.25, 0.3) is 0 Å². The Kier molecular flexibility index (Phi) is 5.07. The maximum Gasteiger partial charge on any atom is 0.207 e. The van der Waals surface area contributed by atoms with Crippen LogP contribution in [0.1, 0.15) is 21.5 Å². The van der Waals surface area contributed by atoms with Crippen molar-refractivity contribution in [2.24, 2.45) is 0 Å². The smallest absolute Gasteiger partial charge is 0.207 e. The Morgan fingerprint density at radius 3 is 2.10 bits per heavy atom. The molecule has 0 saturated carbocycles. The molecule has 2 aromatic carbocycles. The van der Waals surface area contributed by atoms with Crippen molar-refractivity contribution in [3.05, 3.63) is 71.3 Å². The van der Waals surface area contributed by atoms with Gasteiger partial charge in [-0.3, -0.25) is 9.59 Å². The minimum atomic E-state index is -0.0771. The van der Waals surface area contributed by atoms with E-state index < -0.39 is 0 Å². The maximum atomic E-state index is 11.7. The van der Waals surface area contributed by atoms with Crippen LogP contribution in [0.2, 0.25) is 0 Å². The van der Waals surface area contributed by atoms with E-state index in [0.717, 1.165) is 12.8 Å². The first kappa shape index (κ1) is 14.0. The van der Waals surface area contributed by atoms with Gasteiger partial charge in [-0.15, -0.1) is 0 Å². The Hall–Kier alpha value is -2.42. The molecule has 0 aliphatic heterocycles. The zero-order valence-electron chi connectivity index (χ0n) is 11.2. The minimum Gasteiger partial charge on any atom is -0.351 e. The molecule has 2 rings (SSSR count). The SMILES string of the molecule is O=CNCC(=O)c1ccc(CCc2ccccc2)cc1. The minimum absolute atomic E-state index is 0.0485. The highest BCUT2D eigenvalue weighted by molar-refractivity contribution is 5.98. The molecule has 102 valence electrons. The normalized spacial score (nSPS) is 10.0. The van der Waals surface area contributed by atoms with Crippen LogP contribution in [0, 0.1) is 0 Å². The molecule has 0 atom stereocenters. The summed E-state index contributed by atoms with van der Waals surface area (Å²) in [6, 6.07) is 17.9. The number of hydrogen-bond acceptors (Lipinski definition) is 2. The van der Waals surface area contributed by atoms with Gasteiger partial charge in [-0.2, -0.15) is 0 Å². The monoisotopic (exact) mass is 267 g/mol. The fourth-order valence-corrected chi connectivity index (χ4v) is 2.03. The lowest BCUT2D eigenvalue weighted by Gasteiger charge is -2.04. The summed E-state index contributed by atoms with van der Waals surface area (Å²) in [5.74, 6) is -0.0771. The molecule has 0 saturated heterocycles. The van der Waals surface area contributed by atoms with Crippen LogP contribution < -0.4 is 5.32 Å². The van der Waals surface area contributed by atoms with Crippen LogP contribution in [0.4, 0.5) is 0 Å². The summed E-state index contributed by atoms with van der Waals surface area (Å²) in [6.07, 6.45) is 2.47. The molecular formula is C17H17NO2. The van der Waals surface area contributed by atoms with Crippen molar-refractivity contribution >= 4 is 12.2 Å². The molecule has 0 aliphatic rings. The van der Waals surface area contributed by atoms with Crippen molar-refractivity contribution < 1.29 is 9.59 Å². The average molecular weight is 267 g/mol. The number of nitrogens with one attached hydrogen (secondary N) is 1. The molecule has 0 heterocycles. The largest absolute Gasteiger partial charge is 0.351 e. The van der Waals surface area contributed by atoms with Gasteiger partial charge in [0.25, 0.3) is 0 Å². The van der Waals surface area contributed by atoms with Crippen molar-refractivity contribution in [2.45, 2.75) is 12.8 Å². The summed E-state index contributed by atoms with van der Waals surface area (Å²) in [7, 11) is 0. The molecule has 20 heavy (non-hydrogen) atoms. The third-order valence-electron chi connectivity index (χ3n) is 3.17. The van der Waals surface area contributed by atoms with E-state index in [2.05, 4.69) is 17.4 Å². The van der Waals surface area contributed by atoms with Crippen molar-refractivity contribution in [1.29, 1.82) is 0 Å². The van der Waals surface area contributed by atoms with E-state index in [1.165, 1.54) is 11.1 Å². The molecule has 3 heteroatoms. The lowest BCUT2D eigenvalue weighted by atomic mass is 10.0. The Morgan fingerprint density at radius 1 is 0.900 bits per heavy atom. The van der Waals surface area contributed by atoms with E-state index in [1.807, 2.05) is 42.5 Å². The molecule has 0 fully saturated rings. The van der Waals surface area contributed by atoms with Crippen LogP contribution in [-0.4, -0.2) is 18.7 Å². The zero-order chi connectivity index (χ0) is 14.2. The summed E-state index contributed by atoms with van der Waals surface area (Å²) < 4.78 is 0. The van der Waals surface area contributed by atoms with Crippen molar-refractivity contribution in [2.75, 3.05) is 6.54 Å². The number of Topliss-reactive ketones (excluding diaryl/α,β-unsaturated/α-hetero) is 1. The quantitative estimate of drug-likeness (QED) is 0.618. The number of hydrogen-bond donors (Lipinski definition) is 1. The zero-order valence-corrected chi connectivity index (χ0v) is 11.2. The molecule has 0 radical (unpaired) electrons. The van der Waals surface area contributed by atoms with Crippen LogP contribution in [-0.2, 0) is 17.6 Å². The number of amides is 1. The molecule has 1 amide bonds. The van der Waals surface area contributed by atoms with Gasteiger partial charge >= 0.3 is 0 Å². The van der Waals surface area contributed by atoms with E-state index in [9.17, 15) is 9.59 Å². The first-order valence-corrected chi connectivity index (χ1v) is 6.62. The fourth-order valence-electron chi connectivity index (χ4n) is 2.03. The topological polar surface area (TPSA) is 46.2 Å². The van der Waals surface area contributed by atoms with Gasteiger partial charge in [-0.1, -0.05) is 54.6 Å². The predicted molar refractivity (Wildman–Crippen MR) is 78.7 cm³/mol. The average Bonchev–Trinajstić information content (AvgIpc) is 2.52. The Balaban J connectivity index is 1.91. The molecule has 0 bridgehead atoms. The highest BCUT2D eigenvalue weighted by Crippen LogP contribution is 2.09. The Morgan fingerprint density at radius 2 is 1.50 bits per heavy atom. The van der Waals surface area contributed by atoms with E-state index in [-0.39, 0.29) is 12.3 Å². The molecule has 2 aromatic rings. The van der Waals surface area contributed by atoms with Gasteiger partial charge in [-0.05, 0) is 24.0 Å². The van der Waals surface area contributed by atoms with Gasteiger partial charge in [0.2, 0.25) is 6.41 Å². The summed E-state index contributed by atoms with van der Waals surface area (Å²) in [4.78, 5) is 21.8. The van der Waals surface area contributed by atoms with Gasteiger partial charge in [0.05, 0.1) is 6.54 Å². The van der Waals surface area contributed by atoms with Gasteiger partial charge in [0.15, 0.2) is 5.78 Å². The number of ketones is 1. The first-order valence-electron chi connectivity index (χ1n) is 6.62. The van der Waals surface area contributed by atoms with Crippen molar-refractivity contribution in [1.82, 2.24) is 5.32 Å². The summed E-state index contributed by atoms with van der Waals surface area (Å²) in [6.45, 7) is 0.0485. The van der Waals surface area contributed by atoms with E-state index in [4.69, 9.17) is 0 Å². The Labute approximate surface area is 118 Å². The molecule has 0 aromatic heterocycles. The molecule has 1 N–H and O–H groups in total. The Bertz CT molecular complexity index is 561. The number of carbonyl (C=O) groups is 2. The lowest BCUT2D eigenvalue weighted by Crippen LogP contribution is -2.21. The van der Waals surface area contributed by atoms with E-state index in [1.54, 1.807) is 0 Å². The predicted octanol–water partition coefficient (Wildman–Crippen LogP) is 2.40. The van der Waals surface area contributed by atoms with Crippen LogP contribution >= 0.6 is 0 Å². The molecule has 0 aliphatic carbocycles. The van der Waals surface area contributed by atoms with Gasteiger partial charge in [0, 0.05) is 5.56 Å². The van der Waals surface area contributed by atoms with Crippen molar-refractivity contribution in [3.8, 4) is 0 Å². The van der Waals surface area contributed by atoms with Gasteiger partial charge in [-0.25, -0.2) is 0 Å². The summed E-state index contributed by atoms with van der Waals surface area (Å²) in [5.41, 5.74) is 3.14.